The van der Waals surface area contributed by atoms with Gasteiger partial charge < -0.3 is 5.32 Å². The number of anilines is 1. The van der Waals surface area contributed by atoms with Gasteiger partial charge in [-0.25, -0.2) is 0 Å². The van der Waals surface area contributed by atoms with E-state index < -0.39 is 0 Å². The second-order valence-corrected chi connectivity index (χ2v) is 4.29. The van der Waals surface area contributed by atoms with Gasteiger partial charge in [-0.15, -0.1) is 0 Å². The molecule has 90 valence electrons. The van der Waals surface area contributed by atoms with E-state index in [9.17, 15) is 10.1 Å². The molecule has 4 nitrogen and oxygen atoms in total. The van der Waals surface area contributed by atoms with Crippen LogP contribution in [0.25, 0.3) is 11.1 Å². The van der Waals surface area contributed by atoms with Crippen LogP contribution in [0.15, 0.2) is 42.5 Å². The van der Waals surface area contributed by atoms with Crippen LogP contribution in [0.2, 0.25) is 0 Å². The number of hydrogen-bond acceptors (Lipinski definition) is 3. The molecular formula is C14H12N2O2. The Bertz CT molecular complexity index is 623. The molecular weight excluding hydrogens is 228 g/mol. The molecule has 0 aromatic heterocycles. The fourth-order valence-corrected chi connectivity index (χ4v) is 2.42. The molecule has 2 aromatic carbocycles. The molecule has 0 unspecified atom stereocenters. The highest BCUT2D eigenvalue weighted by Gasteiger charge is 2.20. The molecule has 18 heavy (non-hydrogen) atoms. The zero-order chi connectivity index (χ0) is 12.5. The lowest BCUT2D eigenvalue weighted by Crippen LogP contribution is -1.96. The molecule has 4 heteroatoms. The molecule has 3 rings (SSSR count). The normalized spacial score (nSPS) is 12.9. The first-order valence-electron chi connectivity index (χ1n) is 5.87. The van der Waals surface area contributed by atoms with Crippen molar-refractivity contribution in [1.29, 1.82) is 0 Å². The molecule has 0 spiro atoms. The van der Waals surface area contributed by atoms with Crippen LogP contribution in [-0.2, 0) is 6.42 Å². The van der Waals surface area contributed by atoms with Crippen molar-refractivity contribution in [3.63, 3.8) is 0 Å². The lowest BCUT2D eigenvalue weighted by atomic mass is 9.99. The summed E-state index contributed by atoms with van der Waals surface area (Å²) in [6.07, 6.45) is 0.976. The van der Waals surface area contributed by atoms with Gasteiger partial charge in [0.05, 0.1) is 10.5 Å². The van der Waals surface area contributed by atoms with E-state index in [1.54, 1.807) is 18.2 Å². The molecule has 0 saturated carbocycles. The summed E-state index contributed by atoms with van der Waals surface area (Å²) in [5, 5.41) is 14.4. The predicted octanol–water partition coefficient (Wildman–Crippen LogP) is 3.23. The lowest BCUT2D eigenvalue weighted by Gasteiger charge is -2.09. The van der Waals surface area contributed by atoms with Crippen LogP contribution in [0.1, 0.15) is 5.56 Å². The molecule has 0 radical (unpaired) electrons. The van der Waals surface area contributed by atoms with Gasteiger partial charge in [-0.3, -0.25) is 10.1 Å². The summed E-state index contributed by atoms with van der Waals surface area (Å²) in [4.78, 5) is 10.8. The second-order valence-electron chi connectivity index (χ2n) is 4.29. The summed E-state index contributed by atoms with van der Waals surface area (Å²) in [5.41, 5.74) is 4.00. The minimum atomic E-state index is -0.330. The molecule has 1 heterocycles. The summed E-state index contributed by atoms with van der Waals surface area (Å²) < 4.78 is 0. The van der Waals surface area contributed by atoms with E-state index in [4.69, 9.17) is 0 Å². The van der Waals surface area contributed by atoms with Gasteiger partial charge in [-0.1, -0.05) is 30.3 Å². The number of para-hydroxylation sites is 2. The third-order valence-electron chi connectivity index (χ3n) is 3.24. The first-order valence-corrected chi connectivity index (χ1v) is 5.87. The molecule has 1 aliphatic heterocycles. The van der Waals surface area contributed by atoms with E-state index in [-0.39, 0.29) is 10.6 Å². The number of hydrogen-bond donors (Lipinski definition) is 1. The third-order valence-corrected chi connectivity index (χ3v) is 3.24. The Morgan fingerprint density at radius 3 is 2.67 bits per heavy atom. The maximum absolute atomic E-state index is 11.1. The molecule has 0 bridgehead atoms. The Morgan fingerprint density at radius 2 is 1.83 bits per heavy atom. The fourth-order valence-electron chi connectivity index (χ4n) is 2.42. The maximum Gasteiger partial charge on any atom is 0.277 e. The molecule has 1 aliphatic rings. The number of benzene rings is 2. The Labute approximate surface area is 104 Å². The Kier molecular flexibility index (Phi) is 2.48. The average molecular weight is 240 g/mol. The van der Waals surface area contributed by atoms with E-state index in [0.29, 0.717) is 5.56 Å². The third kappa shape index (κ3) is 1.62. The van der Waals surface area contributed by atoms with E-state index in [2.05, 4.69) is 11.4 Å². The Hall–Kier alpha value is -2.36. The standard InChI is InChI=1S/C14H12N2O2/c17-16(18)13-7-2-1-5-11(13)12-6-3-4-10-8-9-15-14(10)12/h1-7,15H,8-9H2. The second kappa shape index (κ2) is 4.14. The number of nitro groups is 1. The van der Waals surface area contributed by atoms with Crippen LogP contribution in [0.4, 0.5) is 11.4 Å². The van der Waals surface area contributed by atoms with Crippen molar-refractivity contribution in [2.45, 2.75) is 6.42 Å². The van der Waals surface area contributed by atoms with Crippen LogP contribution < -0.4 is 5.32 Å². The van der Waals surface area contributed by atoms with Crippen molar-refractivity contribution in [1.82, 2.24) is 0 Å². The van der Waals surface area contributed by atoms with Crippen LogP contribution >= 0.6 is 0 Å². The number of rotatable bonds is 2. The monoisotopic (exact) mass is 240 g/mol. The summed E-state index contributed by atoms with van der Waals surface area (Å²) >= 11 is 0. The Balaban J connectivity index is 2.22. The first kappa shape index (κ1) is 10.8. The predicted molar refractivity (Wildman–Crippen MR) is 70.7 cm³/mol. The average Bonchev–Trinajstić information content (AvgIpc) is 2.86. The van der Waals surface area contributed by atoms with E-state index >= 15 is 0 Å². The van der Waals surface area contributed by atoms with Gasteiger partial charge in [-0.05, 0) is 18.1 Å². The van der Waals surface area contributed by atoms with Crippen LogP contribution in [0.5, 0.6) is 0 Å². The van der Waals surface area contributed by atoms with Crippen LogP contribution in [-0.4, -0.2) is 11.5 Å². The van der Waals surface area contributed by atoms with Gasteiger partial charge in [0.15, 0.2) is 0 Å². The largest absolute Gasteiger partial charge is 0.384 e. The van der Waals surface area contributed by atoms with Crippen molar-refractivity contribution in [3.8, 4) is 11.1 Å². The summed E-state index contributed by atoms with van der Waals surface area (Å²) in [6.45, 7) is 0.896. The van der Waals surface area contributed by atoms with Crippen molar-refractivity contribution in [2.24, 2.45) is 0 Å². The van der Waals surface area contributed by atoms with Gasteiger partial charge in [0.2, 0.25) is 0 Å². The highest BCUT2D eigenvalue weighted by molar-refractivity contribution is 5.86. The minimum Gasteiger partial charge on any atom is -0.384 e. The number of nitrogens with zero attached hydrogens (tertiary/aromatic N) is 1. The molecule has 0 fully saturated rings. The summed E-state index contributed by atoms with van der Waals surface area (Å²) in [5.74, 6) is 0. The molecule has 0 saturated heterocycles. The number of nitro benzene ring substituents is 1. The SMILES string of the molecule is O=[N+]([O-])c1ccccc1-c1cccc2c1NCC2. The molecule has 0 atom stereocenters. The van der Waals surface area contributed by atoms with E-state index in [1.165, 1.54) is 5.56 Å². The number of fused-ring (bicyclic) bond motifs is 1. The van der Waals surface area contributed by atoms with E-state index in [1.807, 2.05) is 18.2 Å². The maximum atomic E-state index is 11.1. The van der Waals surface area contributed by atoms with Crippen LogP contribution in [0.3, 0.4) is 0 Å². The van der Waals surface area contributed by atoms with Gasteiger partial charge in [0, 0.05) is 23.9 Å². The van der Waals surface area contributed by atoms with Crippen molar-refractivity contribution >= 4 is 11.4 Å². The lowest BCUT2D eigenvalue weighted by molar-refractivity contribution is -0.384. The van der Waals surface area contributed by atoms with Gasteiger partial charge in [0.25, 0.3) is 5.69 Å². The molecule has 0 aliphatic carbocycles. The highest BCUT2D eigenvalue weighted by Crippen LogP contribution is 2.38. The van der Waals surface area contributed by atoms with Crippen molar-refractivity contribution < 1.29 is 4.92 Å². The topological polar surface area (TPSA) is 55.2 Å². The zero-order valence-electron chi connectivity index (χ0n) is 9.72. The molecule has 2 aromatic rings. The van der Waals surface area contributed by atoms with Gasteiger partial charge in [-0.2, -0.15) is 0 Å². The first-order chi connectivity index (χ1) is 8.77. The zero-order valence-corrected chi connectivity index (χ0v) is 9.72. The highest BCUT2D eigenvalue weighted by atomic mass is 16.6. The summed E-state index contributed by atoms with van der Waals surface area (Å²) in [6, 6.07) is 12.8. The van der Waals surface area contributed by atoms with Crippen LogP contribution in [0, 0.1) is 10.1 Å². The smallest absolute Gasteiger partial charge is 0.277 e. The number of nitrogens with one attached hydrogen (secondary N) is 1. The van der Waals surface area contributed by atoms with Crippen molar-refractivity contribution in [2.75, 3.05) is 11.9 Å². The minimum absolute atomic E-state index is 0.152. The van der Waals surface area contributed by atoms with Gasteiger partial charge in [0.1, 0.15) is 0 Å². The summed E-state index contributed by atoms with van der Waals surface area (Å²) in [7, 11) is 0. The van der Waals surface area contributed by atoms with E-state index in [0.717, 1.165) is 24.2 Å². The van der Waals surface area contributed by atoms with Crippen molar-refractivity contribution in [3.05, 3.63) is 58.1 Å². The Morgan fingerprint density at radius 1 is 1.06 bits per heavy atom. The quantitative estimate of drug-likeness (QED) is 0.647. The molecule has 0 amide bonds. The molecule has 1 N–H and O–H groups in total. The fraction of sp³-hybridized carbons (Fsp3) is 0.143. The van der Waals surface area contributed by atoms with Gasteiger partial charge >= 0.3 is 0 Å².